The second-order valence-electron chi connectivity index (χ2n) is 3.93. The van der Waals surface area contributed by atoms with Crippen molar-refractivity contribution in [2.75, 3.05) is 7.11 Å². The molecule has 0 saturated carbocycles. The van der Waals surface area contributed by atoms with Crippen LogP contribution in [0, 0.1) is 0 Å². The van der Waals surface area contributed by atoms with E-state index in [2.05, 4.69) is 14.7 Å². The van der Waals surface area contributed by atoms with Gasteiger partial charge < -0.3 is 4.74 Å². The summed E-state index contributed by atoms with van der Waals surface area (Å²) in [5.41, 5.74) is 1.91. The molecule has 94 valence electrons. The van der Waals surface area contributed by atoms with Gasteiger partial charge >= 0.3 is 5.97 Å². The molecule has 3 rings (SSSR count). The average Bonchev–Trinajstić information content (AvgIpc) is 2.95. The quantitative estimate of drug-likeness (QED) is 0.671. The Hall–Kier alpha value is -2.27. The van der Waals surface area contributed by atoms with Gasteiger partial charge in [-0.15, -0.1) is 11.3 Å². The number of ether oxygens (including phenoxy) is 1. The zero-order chi connectivity index (χ0) is 13.2. The number of carbonyl (C=O) groups is 1. The van der Waals surface area contributed by atoms with Gasteiger partial charge in [0.2, 0.25) is 0 Å². The van der Waals surface area contributed by atoms with E-state index in [0.29, 0.717) is 4.88 Å². The lowest BCUT2D eigenvalue weighted by Gasteiger charge is -1.99. The highest BCUT2D eigenvalue weighted by Gasteiger charge is 2.11. The Labute approximate surface area is 113 Å². The van der Waals surface area contributed by atoms with Gasteiger partial charge in [0.05, 0.1) is 18.8 Å². The number of rotatable bonds is 2. The van der Waals surface area contributed by atoms with Crippen LogP contribution in [0.1, 0.15) is 9.67 Å². The van der Waals surface area contributed by atoms with Crippen molar-refractivity contribution in [3.05, 3.63) is 47.6 Å². The average molecular weight is 270 g/mol. The van der Waals surface area contributed by atoms with Crippen molar-refractivity contribution in [1.29, 1.82) is 0 Å². The van der Waals surface area contributed by atoms with E-state index in [0.717, 1.165) is 21.5 Å². The number of aromatic nitrogens is 2. The van der Waals surface area contributed by atoms with Crippen LogP contribution in [0.3, 0.4) is 0 Å². The summed E-state index contributed by atoms with van der Waals surface area (Å²) in [6.07, 6.45) is 3.31. The monoisotopic (exact) mass is 270 g/mol. The summed E-state index contributed by atoms with van der Waals surface area (Å²) in [4.78, 5) is 20.4. The van der Waals surface area contributed by atoms with Crippen molar-refractivity contribution in [3.8, 4) is 10.6 Å². The van der Waals surface area contributed by atoms with Crippen LogP contribution in [0.4, 0.5) is 0 Å². The van der Waals surface area contributed by atoms with Crippen molar-refractivity contribution in [1.82, 2.24) is 9.97 Å². The molecule has 0 aliphatic rings. The van der Waals surface area contributed by atoms with E-state index in [1.165, 1.54) is 18.4 Å². The molecule has 0 bridgehead atoms. The Bertz CT molecular complexity index is 752. The van der Waals surface area contributed by atoms with Crippen molar-refractivity contribution in [3.63, 3.8) is 0 Å². The van der Waals surface area contributed by atoms with Crippen LogP contribution >= 0.6 is 11.3 Å². The smallest absolute Gasteiger partial charge is 0.349 e. The van der Waals surface area contributed by atoms with Gasteiger partial charge in [0.1, 0.15) is 9.88 Å². The number of pyridine rings is 1. The Morgan fingerprint density at radius 3 is 3.00 bits per heavy atom. The number of carbonyl (C=O) groups excluding carboxylic acids is 1. The third-order valence-corrected chi connectivity index (χ3v) is 3.77. The number of hydrogen-bond acceptors (Lipinski definition) is 5. The highest BCUT2D eigenvalue weighted by atomic mass is 32.1. The molecule has 2 heterocycles. The maximum atomic E-state index is 11.4. The van der Waals surface area contributed by atoms with E-state index in [1.807, 2.05) is 30.3 Å². The summed E-state index contributed by atoms with van der Waals surface area (Å²) < 4.78 is 4.68. The zero-order valence-corrected chi connectivity index (χ0v) is 11.0. The van der Waals surface area contributed by atoms with Gasteiger partial charge in [0, 0.05) is 17.1 Å². The first-order valence-electron chi connectivity index (χ1n) is 5.67. The summed E-state index contributed by atoms with van der Waals surface area (Å²) >= 11 is 1.32. The van der Waals surface area contributed by atoms with Crippen LogP contribution in [-0.2, 0) is 4.74 Å². The maximum absolute atomic E-state index is 11.4. The fourth-order valence-corrected chi connectivity index (χ4v) is 2.64. The first kappa shape index (κ1) is 11.8. The van der Waals surface area contributed by atoms with Crippen LogP contribution < -0.4 is 0 Å². The van der Waals surface area contributed by atoms with Crippen molar-refractivity contribution in [2.45, 2.75) is 0 Å². The van der Waals surface area contributed by atoms with Crippen LogP contribution in [-0.4, -0.2) is 23.0 Å². The molecule has 3 aromatic rings. The summed E-state index contributed by atoms with van der Waals surface area (Å²) in [7, 11) is 1.36. The molecule has 0 amide bonds. The van der Waals surface area contributed by atoms with Gasteiger partial charge in [-0.1, -0.05) is 6.07 Å². The van der Waals surface area contributed by atoms with Gasteiger partial charge in [-0.2, -0.15) is 0 Å². The third-order valence-electron chi connectivity index (χ3n) is 2.74. The fourth-order valence-electron chi connectivity index (χ4n) is 1.81. The SMILES string of the molecule is COC(=O)c1cnc(-c2ccc3ncccc3c2)s1. The molecule has 0 spiro atoms. The van der Waals surface area contributed by atoms with Crippen molar-refractivity contribution < 1.29 is 9.53 Å². The molecule has 1 aromatic carbocycles. The number of thiazole rings is 1. The Morgan fingerprint density at radius 1 is 1.26 bits per heavy atom. The Morgan fingerprint density at radius 2 is 2.16 bits per heavy atom. The summed E-state index contributed by atoms with van der Waals surface area (Å²) in [5.74, 6) is -0.355. The van der Waals surface area contributed by atoms with E-state index in [4.69, 9.17) is 0 Å². The first-order chi connectivity index (χ1) is 9.28. The van der Waals surface area contributed by atoms with E-state index >= 15 is 0 Å². The van der Waals surface area contributed by atoms with Gasteiger partial charge in [-0.05, 0) is 24.3 Å². The van der Waals surface area contributed by atoms with E-state index in [1.54, 1.807) is 12.4 Å². The van der Waals surface area contributed by atoms with Crippen LogP contribution in [0.2, 0.25) is 0 Å². The van der Waals surface area contributed by atoms with Gasteiger partial charge in [-0.25, -0.2) is 9.78 Å². The molecule has 0 radical (unpaired) electrons. The lowest BCUT2D eigenvalue weighted by atomic mass is 10.1. The highest BCUT2D eigenvalue weighted by Crippen LogP contribution is 2.27. The largest absolute Gasteiger partial charge is 0.465 e. The molecule has 0 atom stereocenters. The van der Waals surface area contributed by atoms with Gasteiger partial charge in [-0.3, -0.25) is 4.98 Å². The minimum absolute atomic E-state index is 0.355. The zero-order valence-electron chi connectivity index (χ0n) is 10.2. The number of benzene rings is 1. The predicted octanol–water partition coefficient (Wildman–Crippen LogP) is 3.14. The van der Waals surface area contributed by atoms with E-state index < -0.39 is 0 Å². The van der Waals surface area contributed by atoms with Crippen molar-refractivity contribution in [2.24, 2.45) is 0 Å². The second kappa shape index (κ2) is 4.78. The topological polar surface area (TPSA) is 52.1 Å². The molecule has 0 aliphatic heterocycles. The standard InChI is InChI=1S/C14H10N2O2S/c1-18-14(17)12-8-16-13(19-12)10-4-5-11-9(7-10)3-2-6-15-11/h2-8H,1H3. The molecular formula is C14H10N2O2S. The van der Waals surface area contributed by atoms with E-state index in [-0.39, 0.29) is 5.97 Å². The summed E-state index contributed by atoms with van der Waals surface area (Å²) in [5, 5.41) is 1.85. The van der Waals surface area contributed by atoms with Crippen LogP contribution in [0.5, 0.6) is 0 Å². The molecule has 0 fully saturated rings. The minimum atomic E-state index is -0.355. The summed E-state index contributed by atoms with van der Waals surface area (Å²) in [6, 6.07) is 9.82. The summed E-state index contributed by atoms with van der Waals surface area (Å²) in [6.45, 7) is 0. The maximum Gasteiger partial charge on any atom is 0.349 e. The fraction of sp³-hybridized carbons (Fsp3) is 0.0714. The third kappa shape index (κ3) is 2.20. The molecule has 0 N–H and O–H groups in total. The lowest BCUT2D eigenvalue weighted by Crippen LogP contribution is -1.96. The van der Waals surface area contributed by atoms with Crippen molar-refractivity contribution >= 4 is 28.2 Å². The number of hydrogen-bond donors (Lipinski definition) is 0. The molecule has 0 saturated heterocycles. The lowest BCUT2D eigenvalue weighted by molar-refractivity contribution is 0.0606. The minimum Gasteiger partial charge on any atom is -0.465 e. The molecule has 19 heavy (non-hydrogen) atoms. The first-order valence-corrected chi connectivity index (χ1v) is 6.49. The van der Waals surface area contributed by atoms with Crippen LogP contribution in [0.25, 0.3) is 21.5 Å². The Balaban J connectivity index is 2.04. The van der Waals surface area contributed by atoms with E-state index in [9.17, 15) is 4.79 Å². The number of methoxy groups -OCH3 is 1. The molecule has 5 heteroatoms. The molecular weight excluding hydrogens is 260 g/mol. The molecule has 0 aliphatic carbocycles. The molecule has 0 unspecified atom stereocenters. The Kier molecular flexibility index (Phi) is 2.97. The predicted molar refractivity (Wildman–Crippen MR) is 74.2 cm³/mol. The number of esters is 1. The highest BCUT2D eigenvalue weighted by molar-refractivity contribution is 7.16. The molecule has 2 aromatic heterocycles. The van der Waals surface area contributed by atoms with Gasteiger partial charge in [0.15, 0.2) is 0 Å². The second-order valence-corrected chi connectivity index (χ2v) is 4.96. The molecule has 4 nitrogen and oxygen atoms in total. The number of nitrogens with zero attached hydrogens (tertiary/aromatic N) is 2. The normalized spacial score (nSPS) is 10.6. The van der Waals surface area contributed by atoms with Gasteiger partial charge in [0.25, 0.3) is 0 Å². The van der Waals surface area contributed by atoms with Crippen LogP contribution in [0.15, 0.2) is 42.7 Å². The number of fused-ring (bicyclic) bond motifs is 1.